The van der Waals surface area contributed by atoms with Crippen LogP contribution in [0.5, 0.6) is 0 Å². The zero-order valence-electron chi connectivity index (χ0n) is 35.1. The van der Waals surface area contributed by atoms with Crippen molar-refractivity contribution in [1.82, 2.24) is 0 Å². The summed E-state index contributed by atoms with van der Waals surface area (Å²) >= 11 is 0. The van der Waals surface area contributed by atoms with E-state index in [0.717, 1.165) is 0 Å². The maximum atomic E-state index is 2.44. The molecular weight excluding hydrogens is 591 g/mol. The molecule has 1 aromatic carbocycles. The van der Waals surface area contributed by atoms with Crippen LogP contribution < -0.4 is 0 Å². The zero-order valence-corrected chi connectivity index (χ0v) is 35.1. The van der Waals surface area contributed by atoms with Crippen LogP contribution in [-0.2, 0) is 6.54 Å². The third kappa shape index (κ3) is 25.7. The van der Waals surface area contributed by atoms with Gasteiger partial charge in [-0.05, 0) is 64.0 Å². The fraction of sp³-hybridized carbons (Fsp3) is 0.875. The van der Waals surface area contributed by atoms with Gasteiger partial charge in [-0.25, -0.2) is 0 Å². The van der Waals surface area contributed by atoms with Gasteiger partial charge in [0.15, 0.2) is 0 Å². The number of unbranched alkanes of at least 4 members (excludes halogenated alkanes) is 29. The van der Waals surface area contributed by atoms with Crippen molar-refractivity contribution >= 4 is 0 Å². The maximum absolute atomic E-state index is 2.44. The molecule has 1 nitrogen and oxygen atoms in total. The second-order valence-corrected chi connectivity index (χ2v) is 16.8. The van der Waals surface area contributed by atoms with Crippen molar-refractivity contribution in [2.24, 2.45) is 0 Å². The monoisotopic (exact) mass is 683 g/mol. The summed E-state index contributed by atoms with van der Waals surface area (Å²) in [5.74, 6) is 0. The molecule has 1 unspecified atom stereocenters. The Morgan fingerprint density at radius 1 is 0.327 bits per heavy atom. The lowest BCUT2D eigenvalue weighted by molar-refractivity contribution is -0.941. The summed E-state index contributed by atoms with van der Waals surface area (Å²) < 4.78 is 1.34. The van der Waals surface area contributed by atoms with Crippen LogP contribution >= 0.6 is 0 Å². The molecular formula is C48H92N+. The Balaban J connectivity index is 2.44. The number of aryl methyl sites for hydroxylation is 3. The van der Waals surface area contributed by atoms with Crippen LogP contribution in [0.4, 0.5) is 0 Å². The van der Waals surface area contributed by atoms with E-state index in [0.29, 0.717) is 0 Å². The average Bonchev–Trinajstić information content (AvgIpc) is 3.08. The van der Waals surface area contributed by atoms with E-state index >= 15 is 0 Å². The molecule has 0 amide bonds. The lowest BCUT2D eigenvalue weighted by Crippen LogP contribution is -2.49. The molecule has 0 aliphatic heterocycles. The Labute approximate surface area is 311 Å². The van der Waals surface area contributed by atoms with Crippen molar-refractivity contribution in [2.45, 2.75) is 254 Å². The van der Waals surface area contributed by atoms with Gasteiger partial charge in [0.05, 0.1) is 19.6 Å². The van der Waals surface area contributed by atoms with Crippen LogP contribution in [0, 0.1) is 20.8 Å². The van der Waals surface area contributed by atoms with Crippen LogP contribution in [0.3, 0.4) is 0 Å². The second kappa shape index (κ2) is 33.0. The van der Waals surface area contributed by atoms with Crippen molar-refractivity contribution in [3.63, 3.8) is 0 Å². The molecule has 0 spiro atoms. The molecule has 1 heteroatoms. The highest BCUT2D eigenvalue weighted by Crippen LogP contribution is 2.26. The number of nitrogens with zero attached hydrogens (tertiary/aromatic N) is 1. The second-order valence-electron chi connectivity index (χ2n) is 16.8. The highest BCUT2D eigenvalue weighted by molar-refractivity contribution is 5.36. The number of rotatable bonds is 37. The van der Waals surface area contributed by atoms with E-state index in [1.807, 2.05) is 0 Å². The first kappa shape index (κ1) is 46.2. The van der Waals surface area contributed by atoms with Crippen molar-refractivity contribution in [2.75, 3.05) is 19.6 Å². The molecule has 0 N–H and O–H groups in total. The lowest BCUT2D eigenvalue weighted by atomic mass is 9.97. The molecule has 0 saturated carbocycles. The number of hydrogen-bond acceptors (Lipinski definition) is 0. The highest BCUT2D eigenvalue weighted by Gasteiger charge is 2.28. The van der Waals surface area contributed by atoms with Crippen molar-refractivity contribution in [3.05, 3.63) is 34.4 Å². The molecule has 0 fully saturated rings. The SMILES string of the molecule is CCCCCCCCCCCCCCCCCC[N+](CCCC)(CCCCCCCCCCCCCCCC)Cc1c(C)cc(C)cc1C. The lowest BCUT2D eigenvalue weighted by Gasteiger charge is -2.40. The van der Waals surface area contributed by atoms with Gasteiger partial charge in [0.25, 0.3) is 0 Å². The smallest absolute Gasteiger partial charge is 0.105 e. The first-order valence-corrected chi connectivity index (χ1v) is 22.9. The predicted molar refractivity (Wildman–Crippen MR) is 224 cm³/mol. The van der Waals surface area contributed by atoms with E-state index in [-0.39, 0.29) is 0 Å². The van der Waals surface area contributed by atoms with Gasteiger partial charge in [0.2, 0.25) is 0 Å². The number of quaternary nitrogens is 1. The number of hydrogen-bond donors (Lipinski definition) is 0. The number of benzene rings is 1. The van der Waals surface area contributed by atoms with Crippen molar-refractivity contribution in [1.29, 1.82) is 0 Å². The Bertz CT molecular complexity index is 818. The minimum atomic E-state index is 1.26. The summed E-state index contributed by atoms with van der Waals surface area (Å²) in [6.07, 6.45) is 46.3. The minimum Gasteiger partial charge on any atom is -0.320 e. The molecule has 0 aliphatic carbocycles. The van der Waals surface area contributed by atoms with Gasteiger partial charge in [-0.1, -0.05) is 212 Å². The third-order valence-corrected chi connectivity index (χ3v) is 11.8. The van der Waals surface area contributed by atoms with Crippen LogP contribution in [0.1, 0.15) is 248 Å². The summed E-state index contributed by atoms with van der Waals surface area (Å²) in [6.45, 7) is 19.5. The maximum Gasteiger partial charge on any atom is 0.105 e. The first-order valence-electron chi connectivity index (χ1n) is 22.9. The Hall–Kier alpha value is -0.820. The van der Waals surface area contributed by atoms with Gasteiger partial charge in [0.1, 0.15) is 6.54 Å². The van der Waals surface area contributed by atoms with Gasteiger partial charge in [-0.15, -0.1) is 0 Å². The van der Waals surface area contributed by atoms with E-state index in [2.05, 4.69) is 53.7 Å². The van der Waals surface area contributed by atoms with Gasteiger partial charge >= 0.3 is 0 Å². The zero-order chi connectivity index (χ0) is 35.7. The minimum absolute atomic E-state index is 1.26. The predicted octanol–water partition coefficient (Wildman–Crippen LogP) is 16.5. The molecule has 0 aliphatic rings. The molecule has 0 radical (unpaired) electrons. The van der Waals surface area contributed by atoms with Crippen LogP contribution in [0.25, 0.3) is 0 Å². The van der Waals surface area contributed by atoms with E-state index in [1.54, 1.807) is 5.56 Å². The summed E-state index contributed by atoms with van der Waals surface area (Å²) in [5.41, 5.74) is 6.15. The molecule has 0 saturated heterocycles. The summed E-state index contributed by atoms with van der Waals surface area (Å²) in [6, 6.07) is 4.88. The van der Waals surface area contributed by atoms with Crippen LogP contribution in [0.15, 0.2) is 12.1 Å². The molecule has 288 valence electrons. The normalized spacial score (nSPS) is 12.9. The van der Waals surface area contributed by atoms with Gasteiger partial charge in [-0.3, -0.25) is 0 Å². The fourth-order valence-corrected chi connectivity index (χ4v) is 8.50. The van der Waals surface area contributed by atoms with E-state index in [4.69, 9.17) is 0 Å². The fourth-order valence-electron chi connectivity index (χ4n) is 8.50. The van der Waals surface area contributed by atoms with Crippen LogP contribution in [0.2, 0.25) is 0 Å². The molecule has 1 rings (SSSR count). The molecule has 0 heterocycles. The standard InChI is InChI=1S/C48H92N/c1-7-10-13-15-17-19-21-23-25-26-28-30-32-34-36-38-41-49(39-12-9-3,44-48-46(5)42-45(4)43-47(48)6)40-37-35-33-31-29-27-24-22-20-18-16-14-11-8-2/h42-43H,7-41,44H2,1-6H3/q+1. The molecule has 49 heavy (non-hydrogen) atoms. The Kier molecular flexibility index (Phi) is 31.2. The quantitative estimate of drug-likeness (QED) is 0.0484. The van der Waals surface area contributed by atoms with Gasteiger partial charge < -0.3 is 4.48 Å². The molecule has 0 bridgehead atoms. The van der Waals surface area contributed by atoms with Gasteiger partial charge in [0, 0.05) is 5.56 Å². The molecule has 1 aromatic rings. The Morgan fingerprint density at radius 3 is 0.857 bits per heavy atom. The summed E-state index contributed by atoms with van der Waals surface area (Å²) in [4.78, 5) is 0. The summed E-state index contributed by atoms with van der Waals surface area (Å²) in [5, 5.41) is 0. The molecule has 0 aromatic heterocycles. The largest absolute Gasteiger partial charge is 0.320 e. The average molecular weight is 683 g/mol. The highest BCUT2D eigenvalue weighted by atomic mass is 15.3. The third-order valence-electron chi connectivity index (χ3n) is 11.8. The van der Waals surface area contributed by atoms with Crippen molar-refractivity contribution in [3.8, 4) is 0 Å². The van der Waals surface area contributed by atoms with Gasteiger partial charge in [-0.2, -0.15) is 0 Å². The van der Waals surface area contributed by atoms with Crippen LogP contribution in [-0.4, -0.2) is 24.1 Å². The van der Waals surface area contributed by atoms with Crippen molar-refractivity contribution < 1.29 is 4.48 Å². The van der Waals surface area contributed by atoms with E-state index in [9.17, 15) is 0 Å². The summed E-state index contributed by atoms with van der Waals surface area (Å²) in [7, 11) is 0. The van der Waals surface area contributed by atoms with E-state index < -0.39 is 0 Å². The van der Waals surface area contributed by atoms with E-state index in [1.165, 1.54) is 253 Å². The first-order chi connectivity index (χ1) is 24.0. The topological polar surface area (TPSA) is 0 Å². The Morgan fingerprint density at radius 2 is 0.571 bits per heavy atom. The molecule has 1 atom stereocenters.